The Hall–Kier alpha value is -0.870. The molecule has 17 heavy (non-hydrogen) atoms. The summed E-state index contributed by atoms with van der Waals surface area (Å²) in [6.07, 6.45) is 0. The summed E-state index contributed by atoms with van der Waals surface area (Å²) in [5.74, 6) is 2.49. The molecule has 1 aromatic carbocycles. The molecule has 0 radical (unpaired) electrons. The molecule has 4 heteroatoms. The molecule has 1 aliphatic rings. The van der Waals surface area contributed by atoms with Crippen molar-refractivity contribution in [2.24, 2.45) is 0 Å². The number of aryl methyl sites for hydroxylation is 1. The Morgan fingerprint density at radius 1 is 1.24 bits per heavy atom. The number of hydrogen-bond donors (Lipinski definition) is 1. The van der Waals surface area contributed by atoms with Crippen molar-refractivity contribution in [2.75, 3.05) is 33.1 Å². The zero-order valence-electron chi connectivity index (χ0n) is 10.6. The van der Waals surface area contributed by atoms with Crippen molar-refractivity contribution in [3.05, 3.63) is 23.3 Å². The Balaban J connectivity index is 2.40. The monoisotopic (exact) mass is 253 g/mol. The number of nitrogens with zero attached hydrogens (tertiary/aromatic N) is 1. The van der Waals surface area contributed by atoms with E-state index >= 15 is 0 Å². The lowest BCUT2D eigenvalue weighted by Crippen LogP contribution is -2.23. The third-order valence-corrected chi connectivity index (χ3v) is 3.43. The van der Waals surface area contributed by atoms with Crippen molar-refractivity contribution < 1.29 is 9.47 Å². The van der Waals surface area contributed by atoms with Gasteiger partial charge in [-0.15, -0.1) is 0 Å². The molecule has 0 saturated heterocycles. The lowest BCUT2D eigenvalue weighted by Gasteiger charge is -2.27. The molecule has 1 unspecified atom stereocenters. The lowest BCUT2D eigenvalue weighted by molar-refractivity contribution is 0.171. The highest BCUT2D eigenvalue weighted by atomic mass is 32.1. The molecule has 0 N–H and O–H groups in total. The topological polar surface area (TPSA) is 21.7 Å². The lowest BCUT2D eigenvalue weighted by atomic mass is 10.0. The number of fused-ring (bicyclic) bond motifs is 1. The second-order valence-corrected chi connectivity index (χ2v) is 4.88. The van der Waals surface area contributed by atoms with Crippen molar-refractivity contribution >= 4 is 12.6 Å². The van der Waals surface area contributed by atoms with E-state index < -0.39 is 0 Å². The first-order valence-electron chi connectivity index (χ1n) is 5.81. The summed E-state index contributed by atoms with van der Waals surface area (Å²) in [6, 6.07) is 4.45. The van der Waals surface area contributed by atoms with E-state index in [0.29, 0.717) is 19.3 Å². The summed E-state index contributed by atoms with van der Waals surface area (Å²) in [5, 5.41) is 0. The number of hydrogen-bond acceptors (Lipinski definition) is 4. The summed E-state index contributed by atoms with van der Waals surface area (Å²) in [5.41, 5.74) is 2.48. The first kappa shape index (κ1) is 12.6. The Morgan fingerprint density at radius 3 is 2.35 bits per heavy atom. The van der Waals surface area contributed by atoms with Crippen molar-refractivity contribution in [1.82, 2.24) is 4.90 Å². The van der Waals surface area contributed by atoms with E-state index in [4.69, 9.17) is 9.47 Å². The molecule has 0 amide bonds. The summed E-state index contributed by atoms with van der Waals surface area (Å²) < 4.78 is 11.2. The molecule has 1 aliphatic heterocycles. The van der Waals surface area contributed by atoms with Crippen LogP contribution in [0.15, 0.2) is 12.1 Å². The molecule has 1 heterocycles. The Bertz CT molecular complexity index is 407. The maximum absolute atomic E-state index is 5.63. The van der Waals surface area contributed by atoms with E-state index in [0.717, 1.165) is 17.3 Å². The minimum Gasteiger partial charge on any atom is -0.486 e. The van der Waals surface area contributed by atoms with E-state index in [1.807, 2.05) is 0 Å². The first-order valence-corrected chi connectivity index (χ1v) is 6.44. The molecule has 94 valence electrons. The van der Waals surface area contributed by atoms with E-state index in [9.17, 15) is 0 Å². The highest BCUT2D eigenvalue weighted by Crippen LogP contribution is 2.36. The first-order chi connectivity index (χ1) is 8.13. The smallest absolute Gasteiger partial charge is 0.161 e. The van der Waals surface area contributed by atoms with E-state index in [-0.39, 0.29) is 0 Å². The Kier molecular flexibility index (Phi) is 3.84. The van der Waals surface area contributed by atoms with Crippen LogP contribution in [-0.4, -0.2) is 38.0 Å². The van der Waals surface area contributed by atoms with Crippen LogP contribution in [0.5, 0.6) is 11.5 Å². The molecule has 0 bridgehead atoms. The van der Waals surface area contributed by atoms with E-state index in [1.54, 1.807) is 0 Å². The second-order valence-electron chi connectivity index (χ2n) is 4.51. The van der Waals surface area contributed by atoms with E-state index in [2.05, 4.69) is 50.7 Å². The summed E-state index contributed by atoms with van der Waals surface area (Å²) in [4.78, 5) is 2.17. The van der Waals surface area contributed by atoms with Crippen LogP contribution in [0.4, 0.5) is 0 Å². The highest BCUT2D eigenvalue weighted by Gasteiger charge is 2.20. The molecule has 0 aliphatic carbocycles. The third kappa shape index (κ3) is 2.53. The number of thiol groups is 1. The fourth-order valence-corrected chi connectivity index (χ4v) is 2.63. The Morgan fingerprint density at radius 2 is 1.82 bits per heavy atom. The van der Waals surface area contributed by atoms with Gasteiger partial charge in [0.25, 0.3) is 0 Å². The van der Waals surface area contributed by atoms with Gasteiger partial charge in [-0.1, -0.05) is 0 Å². The van der Waals surface area contributed by atoms with Crippen molar-refractivity contribution in [2.45, 2.75) is 13.0 Å². The van der Waals surface area contributed by atoms with Gasteiger partial charge in [0.1, 0.15) is 13.2 Å². The van der Waals surface area contributed by atoms with Crippen LogP contribution in [0.25, 0.3) is 0 Å². The predicted molar refractivity (Wildman–Crippen MR) is 72.5 cm³/mol. The second kappa shape index (κ2) is 5.19. The van der Waals surface area contributed by atoms with Crippen LogP contribution >= 0.6 is 12.6 Å². The van der Waals surface area contributed by atoms with Gasteiger partial charge in [-0.05, 0) is 44.3 Å². The largest absolute Gasteiger partial charge is 0.486 e. The molecule has 2 rings (SSSR count). The number of benzene rings is 1. The van der Waals surface area contributed by atoms with Gasteiger partial charge in [0, 0.05) is 11.8 Å². The van der Waals surface area contributed by atoms with Crippen LogP contribution < -0.4 is 9.47 Å². The Labute approximate surface area is 108 Å². The van der Waals surface area contributed by atoms with Crippen LogP contribution in [0.3, 0.4) is 0 Å². The van der Waals surface area contributed by atoms with Crippen LogP contribution in [0, 0.1) is 6.92 Å². The molecule has 0 saturated carbocycles. The van der Waals surface area contributed by atoms with Crippen LogP contribution in [0.2, 0.25) is 0 Å². The molecule has 1 aromatic rings. The van der Waals surface area contributed by atoms with Gasteiger partial charge in [-0.2, -0.15) is 12.6 Å². The molecule has 3 nitrogen and oxygen atoms in total. The summed E-state index contributed by atoms with van der Waals surface area (Å²) >= 11 is 4.43. The normalized spacial score (nSPS) is 16.1. The maximum Gasteiger partial charge on any atom is 0.161 e. The standard InChI is InChI=1S/C13H19NO2S/c1-9-6-12-13(16-5-4-15-12)7-10(9)11(8-17)14(2)3/h6-7,11,17H,4-5,8H2,1-3H3. The zero-order chi connectivity index (χ0) is 12.4. The molecule has 0 spiro atoms. The van der Waals surface area contributed by atoms with Gasteiger partial charge in [0.2, 0.25) is 0 Å². The van der Waals surface area contributed by atoms with Crippen LogP contribution in [0.1, 0.15) is 17.2 Å². The summed E-state index contributed by atoms with van der Waals surface area (Å²) in [6.45, 7) is 3.37. The quantitative estimate of drug-likeness (QED) is 0.835. The van der Waals surface area contributed by atoms with Crippen LogP contribution in [-0.2, 0) is 0 Å². The minimum atomic E-state index is 0.300. The van der Waals surface area contributed by atoms with Gasteiger partial charge >= 0.3 is 0 Å². The average molecular weight is 253 g/mol. The molecule has 0 aromatic heterocycles. The molecular formula is C13H19NO2S. The van der Waals surface area contributed by atoms with E-state index in [1.165, 1.54) is 11.1 Å². The summed E-state index contributed by atoms with van der Waals surface area (Å²) in [7, 11) is 4.13. The molecule has 0 fully saturated rings. The van der Waals surface area contributed by atoms with Crippen molar-refractivity contribution in [3.63, 3.8) is 0 Å². The average Bonchev–Trinajstić information content (AvgIpc) is 2.30. The van der Waals surface area contributed by atoms with Gasteiger partial charge in [-0.3, -0.25) is 0 Å². The number of ether oxygens (including phenoxy) is 2. The van der Waals surface area contributed by atoms with Gasteiger partial charge in [0.05, 0.1) is 0 Å². The van der Waals surface area contributed by atoms with Crippen molar-refractivity contribution in [1.29, 1.82) is 0 Å². The minimum absolute atomic E-state index is 0.300. The SMILES string of the molecule is Cc1cc2c(cc1C(CS)N(C)C)OCCO2. The van der Waals surface area contributed by atoms with Gasteiger partial charge < -0.3 is 14.4 Å². The third-order valence-electron chi connectivity index (χ3n) is 3.09. The zero-order valence-corrected chi connectivity index (χ0v) is 11.5. The number of rotatable bonds is 3. The highest BCUT2D eigenvalue weighted by molar-refractivity contribution is 7.80. The van der Waals surface area contributed by atoms with Crippen molar-refractivity contribution in [3.8, 4) is 11.5 Å². The van der Waals surface area contributed by atoms with Gasteiger partial charge in [-0.25, -0.2) is 0 Å². The maximum atomic E-state index is 5.63. The van der Waals surface area contributed by atoms with Gasteiger partial charge in [0.15, 0.2) is 11.5 Å². The fourth-order valence-electron chi connectivity index (χ4n) is 2.10. The molecular weight excluding hydrogens is 234 g/mol. The predicted octanol–water partition coefficient (Wildman–Crippen LogP) is 2.30. The fraction of sp³-hybridized carbons (Fsp3) is 0.538. The molecule has 1 atom stereocenters.